The van der Waals surface area contributed by atoms with Gasteiger partial charge in [0.05, 0.1) is 18.0 Å². The monoisotopic (exact) mass is 320 g/mol. The van der Waals surface area contributed by atoms with Crippen molar-refractivity contribution in [1.82, 2.24) is 9.29 Å². The molecule has 1 aliphatic rings. The van der Waals surface area contributed by atoms with Crippen LogP contribution in [0.25, 0.3) is 0 Å². The number of aromatic nitrogens is 1. The van der Waals surface area contributed by atoms with Gasteiger partial charge in [-0.3, -0.25) is 0 Å². The smallest absolute Gasteiger partial charge is 0.243 e. The molecule has 1 unspecified atom stereocenters. The Labute approximate surface area is 131 Å². The SMILES string of the molecule is COc1ccc(S(=O)(=O)N2CCCC2c2ccc[nH]2)cc1C. The Morgan fingerprint density at radius 1 is 1.32 bits per heavy atom. The van der Waals surface area contributed by atoms with Gasteiger partial charge < -0.3 is 9.72 Å². The summed E-state index contributed by atoms with van der Waals surface area (Å²) in [7, 11) is -1.92. The fourth-order valence-electron chi connectivity index (χ4n) is 3.04. The molecule has 3 rings (SSSR count). The molecule has 0 aliphatic carbocycles. The van der Waals surface area contributed by atoms with E-state index in [4.69, 9.17) is 4.74 Å². The maximum atomic E-state index is 13.0. The Balaban J connectivity index is 1.97. The van der Waals surface area contributed by atoms with Gasteiger partial charge in [-0.15, -0.1) is 0 Å². The second kappa shape index (κ2) is 5.78. The Bertz CT molecular complexity index is 754. The lowest BCUT2D eigenvalue weighted by Crippen LogP contribution is -2.30. The number of aromatic amines is 1. The fourth-order valence-corrected chi connectivity index (χ4v) is 4.80. The van der Waals surface area contributed by atoms with E-state index in [9.17, 15) is 8.42 Å². The third kappa shape index (κ3) is 2.53. The quantitative estimate of drug-likeness (QED) is 0.942. The van der Waals surface area contributed by atoms with E-state index in [1.54, 1.807) is 29.6 Å². The van der Waals surface area contributed by atoms with E-state index in [0.717, 1.165) is 24.1 Å². The molecule has 1 N–H and O–H groups in total. The molecule has 1 fully saturated rings. The molecule has 1 saturated heterocycles. The van der Waals surface area contributed by atoms with Crippen LogP contribution >= 0.6 is 0 Å². The van der Waals surface area contributed by atoms with Crippen LogP contribution in [0.15, 0.2) is 41.4 Å². The predicted octanol–water partition coefficient (Wildman–Crippen LogP) is 2.86. The van der Waals surface area contributed by atoms with E-state index in [1.807, 2.05) is 25.3 Å². The number of H-pyrrole nitrogens is 1. The van der Waals surface area contributed by atoms with Crippen molar-refractivity contribution < 1.29 is 13.2 Å². The van der Waals surface area contributed by atoms with Crippen LogP contribution in [-0.2, 0) is 10.0 Å². The standard InChI is InChI=1S/C16H20N2O3S/c1-12-11-13(7-8-16(12)21-2)22(19,20)18-10-4-6-15(18)14-5-3-9-17-14/h3,5,7-9,11,15,17H,4,6,10H2,1-2H3. The van der Waals surface area contributed by atoms with Gasteiger partial charge in [0.25, 0.3) is 0 Å². The molecule has 0 bridgehead atoms. The maximum absolute atomic E-state index is 13.0. The van der Waals surface area contributed by atoms with Crippen LogP contribution in [0.1, 0.15) is 30.1 Å². The number of hydrogen-bond donors (Lipinski definition) is 1. The van der Waals surface area contributed by atoms with E-state index < -0.39 is 10.0 Å². The predicted molar refractivity (Wildman–Crippen MR) is 84.4 cm³/mol. The van der Waals surface area contributed by atoms with Gasteiger partial charge in [0.1, 0.15) is 5.75 Å². The first kappa shape index (κ1) is 15.1. The highest BCUT2D eigenvalue weighted by Crippen LogP contribution is 2.36. The van der Waals surface area contributed by atoms with Gasteiger partial charge in [0.2, 0.25) is 10.0 Å². The zero-order valence-corrected chi connectivity index (χ0v) is 13.6. The van der Waals surface area contributed by atoms with E-state index in [1.165, 1.54) is 0 Å². The number of ether oxygens (including phenoxy) is 1. The Morgan fingerprint density at radius 3 is 2.77 bits per heavy atom. The van der Waals surface area contributed by atoms with Crippen LogP contribution in [0.3, 0.4) is 0 Å². The first-order valence-electron chi connectivity index (χ1n) is 7.34. The van der Waals surface area contributed by atoms with Crippen molar-refractivity contribution in [2.24, 2.45) is 0 Å². The highest BCUT2D eigenvalue weighted by atomic mass is 32.2. The molecule has 0 radical (unpaired) electrons. The molecule has 1 aromatic carbocycles. The molecule has 0 saturated carbocycles. The third-order valence-corrected chi connectivity index (χ3v) is 6.06. The normalized spacial score (nSPS) is 19.5. The van der Waals surface area contributed by atoms with Crippen molar-refractivity contribution >= 4 is 10.0 Å². The number of hydrogen-bond acceptors (Lipinski definition) is 3. The van der Waals surface area contributed by atoms with Crippen LogP contribution in [0, 0.1) is 6.92 Å². The molecule has 0 spiro atoms. The van der Waals surface area contributed by atoms with E-state index in [0.29, 0.717) is 17.2 Å². The first-order chi connectivity index (χ1) is 10.5. The number of rotatable bonds is 4. The first-order valence-corrected chi connectivity index (χ1v) is 8.78. The number of methoxy groups -OCH3 is 1. The average Bonchev–Trinajstić information content (AvgIpc) is 3.17. The van der Waals surface area contributed by atoms with Crippen LogP contribution in [0.5, 0.6) is 5.75 Å². The zero-order chi connectivity index (χ0) is 15.7. The summed E-state index contributed by atoms with van der Waals surface area (Å²) < 4.78 is 32.7. The highest BCUT2D eigenvalue weighted by Gasteiger charge is 2.36. The van der Waals surface area contributed by atoms with Crippen molar-refractivity contribution in [3.05, 3.63) is 47.8 Å². The van der Waals surface area contributed by atoms with Gasteiger partial charge in [0, 0.05) is 18.4 Å². The summed E-state index contributed by atoms with van der Waals surface area (Å²) in [6, 6.07) is 8.74. The van der Waals surface area contributed by atoms with E-state index >= 15 is 0 Å². The summed E-state index contributed by atoms with van der Waals surface area (Å²) >= 11 is 0. The molecule has 1 atom stereocenters. The average molecular weight is 320 g/mol. The van der Waals surface area contributed by atoms with Gasteiger partial charge in [0.15, 0.2) is 0 Å². The molecule has 22 heavy (non-hydrogen) atoms. The Morgan fingerprint density at radius 2 is 2.14 bits per heavy atom. The largest absolute Gasteiger partial charge is 0.496 e. The Hall–Kier alpha value is -1.79. The van der Waals surface area contributed by atoms with Gasteiger partial charge in [-0.25, -0.2) is 8.42 Å². The maximum Gasteiger partial charge on any atom is 0.243 e. The molecular weight excluding hydrogens is 300 g/mol. The molecule has 1 aliphatic heterocycles. The van der Waals surface area contributed by atoms with Crippen molar-refractivity contribution in [1.29, 1.82) is 0 Å². The third-order valence-electron chi connectivity index (χ3n) is 4.16. The summed E-state index contributed by atoms with van der Waals surface area (Å²) in [6.45, 7) is 2.40. The molecule has 2 aromatic rings. The number of benzene rings is 1. The summed E-state index contributed by atoms with van der Waals surface area (Å²) in [5.41, 5.74) is 1.77. The van der Waals surface area contributed by atoms with Crippen LogP contribution in [0.4, 0.5) is 0 Å². The molecule has 118 valence electrons. The van der Waals surface area contributed by atoms with Gasteiger partial charge in [-0.1, -0.05) is 0 Å². The molecule has 5 nitrogen and oxygen atoms in total. The lowest BCUT2D eigenvalue weighted by Gasteiger charge is -2.23. The minimum atomic E-state index is -3.50. The van der Waals surface area contributed by atoms with Gasteiger partial charge in [-0.05, 0) is 55.7 Å². The lowest BCUT2D eigenvalue weighted by molar-refractivity contribution is 0.391. The zero-order valence-electron chi connectivity index (χ0n) is 12.7. The van der Waals surface area contributed by atoms with Crippen LogP contribution in [0.2, 0.25) is 0 Å². The van der Waals surface area contributed by atoms with Gasteiger partial charge >= 0.3 is 0 Å². The van der Waals surface area contributed by atoms with Crippen molar-refractivity contribution in [2.45, 2.75) is 30.7 Å². The summed E-state index contributed by atoms with van der Waals surface area (Å²) in [6.07, 6.45) is 3.54. The summed E-state index contributed by atoms with van der Waals surface area (Å²) in [4.78, 5) is 3.46. The molecule has 0 amide bonds. The topological polar surface area (TPSA) is 62.4 Å². The van der Waals surface area contributed by atoms with Crippen LogP contribution in [-0.4, -0.2) is 31.4 Å². The van der Waals surface area contributed by atoms with E-state index in [-0.39, 0.29) is 6.04 Å². The molecule has 6 heteroatoms. The number of sulfonamides is 1. The second-order valence-corrected chi connectivity index (χ2v) is 7.42. The minimum Gasteiger partial charge on any atom is -0.496 e. The lowest BCUT2D eigenvalue weighted by atomic mass is 10.2. The van der Waals surface area contributed by atoms with Crippen molar-refractivity contribution in [2.75, 3.05) is 13.7 Å². The van der Waals surface area contributed by atoms with Gasteiger partial charge in [-0.2, -0.15) is 4.31 Å². The number of aryl methyl sites for hydroxylation is 1. The van der Waals surface area contributed by atoms with Crippen LogP contribution < -0.4 is 4.74 Å². The minimum absolute atomic E-state index is 0.109. The van der Waals surface area contributed by atoms with E-state index in [2.05, 4.69) is 4.98 Å². The number of nitrogens with one attached hydrogen (secondary N) is 1. The van der Waals surface area contributed by atoms with Crippen molar-refractivity contribution in [3.63, 3.8) is 0 Å². The Kier molecular flexibility index (Phi) is 3.97. The second-order valence-electron chi connectivity index (χ2n) is 5.53. The molecule has 2 heterocycles. The number of nitrogens with zero attached hydrogens (tertiary/aromatic N) is 1. The molecule has 1 aromatic heterocycles. The summed E-state index contributed by atoms with van der Waals surface area (Å²) in [5.74, 6) is 0.696. The fraction of sp³-hybridized carbons (Fsp3) is 0.375. The van der Waals surface area contributed by atoms with Crippen molar-refractivity contribution in [3.8, 4) is 5.75 Å². The highest BCUT2D eigenvalue weighted by molar-refractivity contribution is 7.89. The molecular formula is C16H20N2O3S. The summed E-state index contributed by atoms with van der Waals surface area (Å²) in [5, 5.41) is 0.